The van der Waals surface area contributed by atoms with Gasteiger partial charge in [-0.1, -0.05) is 26.7 Å². The van der Waals surface area contributed by atoms with Crippen LogP contribution in [0.4, 0.5) is 0 Å². The Kier molecular flexibility index (Phi) is 6.17. The molecule has 0 aliphatic carbocycles. The predicted molar refractivity (Wildman–Crippen MR) is 55.0 cm³/mol. The van der Waals surface area contributed by atoms with Crippen LogP contribution in [0.3, 0.4) is 0 Å². The van der Waals surface area contributed by atoms with Crippen molar-refractivity contribution in [2.75, 3.05) is 0 Å². The van der Waals surface area contributed by atoms with E-state index in [9.17, 15) is 9.59 Å². The van der Waals surface area contributed by atoms with Gasteiger partial charge in [-0.2, -0.15) is 0 Å². The molecule has 0 aliphatic heterocycles. The fourth-order valence-corrected chi connectivity index (χ4v) is 1.43. The minimum Gasteiger partial charge on any atom is -0.452 e. The Hall–Kier alpha value is -0.860. The molecule has 0 heterocycles. The number of hydrogen-bond donors (Lipinski definition) is 0. The molecule has 0 rings (SSSR count). The van der Waals surface area contributed by atoms with E-state index in [0.29, 0.717) is 12.8 Å². The summed E-state index contributed by atoms with van der Waals surface area (Å²) < 4.78 is 5.08. The van der Waals surface area contributed by atoms with Crippen LogP contribution in [0, 0.1) is 0 Å². The van der Waals surface area contributed by atoms with E-state index in [0.717, 1.165) is 25.5 Å². The molecule has 0 bridgehead atoms. The summed E-state index contributed by atoms with van der Waals surface area (Å²) in [6.45, 7) is 5.30. The summed E-state index contributed by atoms with van der Waals surface area (Å²) in [5, 5.41) is 0. The SMILES string of the molecule is CCCCCC(C=O)(CC)OC(C)=O. The van der Waals surface area contributed by atoms with E-state index in [1.54, 1.807) is 0 Å². The highest BCUT2D eigenvalue weighted by molar-refractivity contribution is 5.72. The maximum Gasteiger partial charge on any atom is 0.303 e. The number of rotatable bonds is 7. The summed E-state index contributed by atoms with van der Waals surface area (Å²) in [5.74, 6) is -0.379. The first-order valence-electron chi connectivity index (χ1n) is 5.26. The van der Waals surface area contributed by atoms with Crippen molar-refractivity contribution in [2.24, 2.45) is 0 Å². The van der Waals surface area contributed by atoms with Crippen molar-refractivity contribution in [1.29, 1.82) is 0 Å². The third kappa shape index (κ3) is 4.40. The van der Waals surface area contributed by atoms with Crippen LogP contribution >= 0.6 is 0 Å². The highest BCUT2D eigenvalue weighted by atomic mass is 16.6. The van der Waals surface area contributed by atoms with Crippen LogP contribution < -0.4 is 0 Å². The van der Waals surface area contributed by atoms with Gasteiger partial charge in [0.25, 0.3) is 0 Å². The molecule has 1 unspecified atom stereocenters. The van der Waals surface area contributed by atoms with Gasteiger partial charge in [-0.25, -0.2) is 0 Å². The number of hydrogen-bond acceptors (Lipinski definition) is 3. The van der Waals surface area contributed by atoms with E-state index < -0.39 is 5.60 Å². The Labute approximate surface area is 85.8 Å². The summed E-state index contributed by atoms with van der Waals surface area (Å²) in [6, 6.07) is 0. The van der Waals surface area contributed by atoms with Crippen molar-refractivity contribution < 1.29 is 14.3 Å². The first kappa shape index (κ1) is 13.1. The van der Waals surface area contributed by atoms with Gasteiger partial charge in [-0.3, -0.25) is 9.59 Å². The van der Waals surface area contributed by atoms with Crippen LogP contribution in [-0.2, 0) is 14.3 Å². The predicted octanol–water partition coefficient (Wildman–Crippen LogP) is 2.48. The molecule has 0 aromatic rings. The average Bonchev–Trinajstić information content (AvgIpc) is 2.16. The van der Waals surface area contributed by atoms with Crippen LogP contribution in [0.2, 0.25) is 0 Å². The number of aldehydes is 1. The molecule has 0 aromatic carbocycles. The molecule has 0 aliphatic rings. The molecule has 3 nitrogen and oxygen atoms in total. The number of ether oxygens (including phenoxy) is 1. The quantitative estimate of drug-likeness (QED) is 0.360. The maximum absolute atomic E-state index is 10.9. The van der Waals surface area contributed by atoms with E-state index in [1.165, 1.54) is 6.92 Å². The summed E-state index contributed by atoms with van der Waals surface area (Å²) in [4.78, 5) is 21.7. The van der Waals surface area contributed by atoms with Gasteiger partial charge in [0.2, 0.25) is 0 Å². The van der Waals surface area contributed by atoms with Gasteiger partial charge in [0.1, 0.15) is 0 Å². The fraction of sp³-hybridized carbons (Fsp3) is 0.818. The van der Waals surface area contributed by atoms with Crippen molar-refractivity contribution >= 4 is 12.3 Å². The van der Waals surface area contributed by atoms with Crippen molar-refractivity contribution in [2.45, 2.75) is 58.5 Å². The van der Waals surface area contributed by atoms with E-state index >= 15 is 0 Å². The number of carbonyl (C=O) groups excluding carboxylic acids is 2. The third-order valence-corrected chi connectivity index (χ3v) is 2.36. The molecule has 0 saturated heterocycles. The van der Waals surface area contributed by atoms with E-state index in [1.807, 2.05) is 6.92 Å². The van der Waals surface area contributed by atoms with Crippen LogP contribution in [-0.4, -0.2) is 17.9 Å². The van der Waals surface area contributed by atoms with Gasteiger partial charge in [-0.05, 0) is 19.3 Å². The molecule has 0 saturated carbocycles. The Morgan fingerprint density at radius 3 is 2.36 bits per heavy atom. The van der Waals surface area contributed by atoms with Gasteiger partial charge >= 0.3 is 5.97 Å². The van der Waals surface area contributed by atoms with Crippen LogP contribution in [0.1, 0.15) is 52.9 Å². The zero-order valence-electron chi connectivity index (χ0n) is 9.34. The Morgan fingerprint density at radius 2 is 2.00 bits per heavy atom. The van der Waals surface area contributed by atoms with E-state index in [4.69, 9.17) is 4.74 Å². The Morgan fingerprint density at radius 1 is 1.36 bits per heavy atom. The van der Waals surface area contributed by atoms with Gasteiger partial charge in [0.05, 0.1) is 0 Å². The second kappa shape index (κ2) is 6.57. The molecule has 0 aromatic heterocycles. The second-order valence-corrected chi connectivity index (χ2v) is 3.59. The largest absolute Gasteiger partial charge is 0.452 e. The van der Waals surface area contributed by atoms with Crippen molar-refractivity contribution in [1.82, 2.24) is 0 Å². The Balaban J connectivity index is 4.21. The summed E-state index contributed by atoms with van der Waals surface area (Å²) >= 11 is 0. The molecule has 3 heteroatoms. The highest BCUT2D eigenvalue weighted by Crippen LogP contribution is 2.21. The maximum atomic E-state index is 10.9. The van der Waals surface area contributed by atoms with E-state index in [2.05, 4.69) is 6.92 Å². The standard InChI is InChI=1S/C11H20O3/c1-4-6-7-8-11(5-2,9-12)14-10(3)13/h9H,4-8H2,1-3H3. The highest BCUT2D eigenvalue weighted by Gasteiger charge is 2.30. The smallest absolute Gasteiger partial charge is 0.303 e. The third-order valence-electron chi connectivity index (χ3n) is 2.36. The molecule has 0 amide bonds. The fourth-order valence-electron chi connectivity index (χ4n) is 1.43. The van der Waals surface area contributed by atoms with Crippen LogP contribution in [0.15, 0.2) is 0 Å². The topological polar surface area (TPSA) is 43.4 Å². The van der Waals surface area contributed by atoms with Gasteiger partial charge in [0, 0.05) is 6.92 Å². The molecule has 0 radical (unpaired) electrons. The minimum atomic E-state index is -0.874. The summed E-state index contributed by atoms with van der Waals surface area (Å²) in [6.07, 6.45) is 5.05. The lowest BCUT2D eigenvalue weighted by Crippen LogP contribution is -2.35. The van der Waals surface area contributed by atoms with Crippen LogP contribution in [0.25, 0.3) is 0 Å². The zero-order chi connectivity index (χ0) is 11.0. The lowest BCUT2D eigenvalue weighted by atomic mass is 9.94. The first-order valence-corrected chi connectivity index (χ1v) is 5.26. The second-order valence-electron chi connectivity index (χ2n) is 3.59. The molecule has 1 atom stereocenters. The molecule has 82 valence electrons. The summed E-state index contributed by atoms with van der Waals surface area (Å²) in [5.41, 5.74) is -0.874. The molecule has 0 spiro atoms. The lowest BCUT2D eigenvalue weighted by molar-refractivity contribution is -0.161. The molecule has 0 fully saturated rings. The van der Waals surface area contributed by atoms with Gasteiger partial charge < -0.3 is 4.74 Å². The molecule has 14 heavy (non-hydrogen) atoms. The number of carbonyl (C=O) groups is 2. The normalized spacial score (nSPS) is 14.5. The molecular formula is C11H20O3. The minimum absolute atomic E-state index is 0.379. The van der Waals surface area contributed by atoms with Gasteiger partial charge in [0.15, 0.2) is 11.9 Å². The van der Waals surface area contributed by atoms with Crippen molar-refractivity contribution in [3.63, 3.8) is 0 Å². The molecule has 0 N–H and O–H groups in total. The average molecular weight is 200 g/mol. The zero-order valence-corrected chi connectivity index (χ0v) is 9.34. The van der Waals surface area contributed by atoms with Gasteiger partial charge in [-0.15, -0.1) is 0 Å². The molecular weight excluding hydrogens is 180 g/mol. The van der Waals surface area contributed by atoms with Crippen LogP contribution in [0.5, 0.6) is 0 Å². The lowest BCUT2D eigenvalue weighted by Gasteiger charge is -2.25. The Bertz CT molecular complexity index is 189. The number of unbranched alkanes of at least 4 members (excludes halogenated alkanes) is 2. The van der Waals surface area contributed by atoms with E-state index in [-0.39, 0.29) is 5.97 Å². The monoisotopic (exact) mass is 200 g/mol. The van der Waals surface area contributed by atoms with Crippen molar-refractivity contribution in [3.8, 4) is 0 Å². The van der Waals surface area contributed by atoms with Crippen molar-refractivity contribution in [3.05, 3.63) is 0 Å². The first-order chi connectivity index (χ1) is 6.60. The summed E-state index contributed by atoms with van der Waals surface area (Å²) in [7, 11) is 0. The number of esters is 1.